The van der Waals surface area contributed by atoms with Crippen LogP contribution in [0.3, 0.4) is 0 Å². The summed E-state index contributed by atoms with van der Waals surface area (Å²) in [5, 5.41) is 3.03. The lowest BCUT2D eigenvalue weighted by atomic mass is 9.96. The highest BCUT2D eigenvalue weighted by Crippen LogP contribution is 2.37. The van der Waals surface area contributed by atoms with E-state index in [1.54, 1.807) is 24.3 Å². The van der Waals surface area contributed by atoms with Crippen LogP contribution >= 0.6 is 0 Å². The van der Waals surface area contributed by atoms with Crippen molar-refractivity contribution >= 4 is 33.8 Å². The molecule has 0 unspecified atom stereocenters. The number of hydrogen-bond acceptors (Lipinski definition) is 3. The average Bonchev–Trinajstić information content (AvgIpc) is 2.68. The summed E-state index contributed by atoms with van der Waals surface area (Å²) in [5.41, 5.74) is 1.08. The van der Waals surface area contributed by atoms with Gasteiger partial charge in [0, 0.05) is 16.3 Å². The smallest absolute Gasteiger partial charge is 0.343 e. The highest BCUT2D eigenvalue weighted by molar-refractivity contribution is 6.17. The molecule has 0 heterocycles. The predicted molar refractivity (Wildman–Crippen MR) is 98.2 cm³/mol. The molecule has 0 radical (unpaired) electrons. The molecule has 0 spiro atoms. The molecule has 3 heteroatoms. The van der Waals surface area contributed by atoms with Gasteiger partial charge in [0.2, 0.25) is 0 Å². The van der Waals surface area contributed by atoms with E-state index in [0.29, 0.717) is 16.9 Å². The summed E-state index contributed by atoms with van der Waals surface area (Å²) >= 11 is 0. The Balaban J connectivity index is 1.98. The van der Waals surface area contributed by atoms with Crippen molar-refractivity contribution in [2.24, 2.45) is 0 Å². The van der Waals surface area contributed by atoms with Crippen molar-refractivity contribution in [1.29, 1.82) is 0 Å². The maximum Gasteiger partial charge on any atom is 0.343 e. The molecule has 0 bridgehead atoms. The van der Waals surface area contributed by atoms with Crippen LogP contribution in [-0.2, 0) is 0 Å². The van der Waals surface area contributed by atoms with Gasteiger partial charge in [0.1, 0.15) is 5.75 Å². The summed E-state index contributed by atoms with van der Waals surface area (Å²) in [7, 11) is 0. The third-order valence-corrected chi connectivity index (χ3v) is 4.25. The van der Waals surface area contributed by atoms with Crippen molar-refractivity contribution < 1.29 is 14.3 Å². The van der Waals surface area contributed by atoms with Crippen molar-refractivity contribution in [3.8, 4) is 5.75 Å². The predicted octanol–water partition coefficient (Wildman–Crippen LogP) is 5.02. The highest BCUT2D eigenvalue weighted by atomic mass is 16.5. The zero-order chi connectivity index (χ0) is 17.2. The standard InChI is InChI=1S/C22H14O3/c23-14-20-16-10-4-6-12-18(16)21(19-13-7-5-11-17(19)20)25-22(24)15-8-2-1-3-9-15/h1-14H. The molecule has 0 saturated carbocycles. The third kappa shape index (κ3) is 2.56. The van der Waals surface area contributed by atoms with Crippen molar-refractivity contribution in [1.82, 2.24) is 0 Å². The number of ether oxygens (including phenoxy) is 1. The van der Waals surface area contributed by atoms with Crippen LogP contribution in [0.5, 0.6) is 5.75 Å². The quantitative estimate of drug-likeness (QED) is 0.230. The molecule has 4 aromatic carbocycles. The number of rotatable bonds is 3. The number of aldehydes is 1. The Hall–Kier alpha value is -3.46. The van der Waals surface area contributed by atoms with Gasteiger partial charge in [0.05, 0.1) is 5.56 Å². The van der Waals surface area contributed by atoms with Gasteiger partial charge in [-0.1, -0.05) is 66.7 Å². The molecular weight excluding hydrogens is 312 g/mol. The molecule has 25 heavy (non-hydrogen) atoms. The lowest BCUT2D eigenvalue weighted by Crippen LogP contribution is -2.09. The summed E-state index contributed by atoms with van der Waals surface area (Å²) in [6.45, 7) is 0. The van der Waals surface area contributed by atoms with Gasteiger partial charge in [-0.2, -0.15) is 0 Å². The van der Waals surface area contributed by atoms with Gasteiger partial charge in [0.15, 0.2) is 6.29 Å². The second-order valence-electron chi connectivity index (χ2n) is 5.71. The van der Waals surface area contributed by atoms with Gasteiger partial charge in [-0.3, -0.25) is 4.79 Å². The zero-order valence-corrected chi connectivity index (χ0v) is 13.3. The van der Waals surface area contributed by atoms with Crippen LogP contribution in [-0.4, -0.2) is 12.3 Å². The number of carbonyl (C=O) groups is 2. The number of fused-ring (bicyclic) bond motifs is 2. The largest absolute Gasteiger partial charge is 0.422 e. The van der Waals surface area contributed by atoms with E-state index in [0.717, 1.165) is 27.8 Å². The molecule has 0 aliphatic rings. The zero-order valence-electron chi connectivity index (χ0n) is 13.3. The van der Waals surface area contributed by atoms with Crippen LogP contribution in [0.2, 0.25) is 0 Å². The third-order valence-electron chi connectivity index (χ3n) is 4.25. The Morgan fingerprint density at radius 3 is 1.68 bits per heavy atom. The number of benzene rings is 4. The lowest BCUT2D eigenvalue weighted by Gasteiger charge is -2.14. The van der Waals surface area contributed by atoms with E-state index < -0.39 is 5.97 Å². The van der Waals surface area contributed by atoms with E-state index in [4.69, 9.17) is 4.74 Å². The first-order valence-electron chi connectivity index (χ1n) is 7.95. The fraction of sp³-hybridized carbons (Fsp3) is 0. The molecule has 0 aliphatic heterocycles. The molecule has 0 saturated heterocycles. The summed E-state index contributed by atoms with van der Waals surface area (Å²) in [6, 6.07) is 23.8. The Morgan fingerprint density at radius 2 is 1.16 bits per heavy atom. The van der Waals surface area contributed by atoms with Gasteiger partial charge in [0.25, 0.3) is 0 Å². The van der Waals surface area contributed by atoms with Crippen LogP contribution in [0.1, 0.15) is 20.7 Å². The summed E-state index contributed by atoms with van der Waals surface area (Å²) in [5.74, 6) is 0.0559. The van der Waals surface area contributed by atoms with Gasteiger partial charge in [-0.05, 0) is 22.9 Å². The van der Waals surface area contributed by atoms with E-state index in [1.165, 1.54) is 0 Å². The van der Waals surface area contributed by atoms with Crippen LogP contribution in [0.4, 0.5) is 0 Å². The Bertz CT molecular complexity index is 1040. The van der Waals surface area contributed by atoms with Gasteiger partial charge in [-0.25, -0.2) is 4.79 Å². The van der Waals surface area contributed by atoms with Gasteiger partial charge < -0.3 is 4.74 Å². The van der Waals surface area contributed by atoms with Crippen molar-refractivity contribution in [3.05, 3.63) is 90.0 Å². The van der Waals surface area contributed by atoms with Crippen molar-refractivity contribution in [2.75, 3.05) is 0 Å². The summed E-state index contributed by atoms with van der Waals surface area (Å²) in [6.07, 6.45) is 0.855. The monoisotopic (exact) mass is 326 g/mol. The average molecular weight is 326 g/mol. The first-order valence-corrected chi connectivity index (χ1v) is 7.95. The number of esters is 1. The summed E-state index contributed by atoms with van der Waals surface area (Å²) < 4.78 is 5.77. The molecule has 0 aliphatic carbocycles. The second kappa shape index (κ2) is 6.21. The SMILES string of the molecule is O=Cc1c2ccccc2c(OC(=O)c2ccccc2)c2ccccc12. The molecule has 0 fully saturated rings. The Labute approximate surface area is 144 Å². The van der Waals surface area contributed by atoms with E-state index in [1.807, 2.05) is 54.6 Å². The second-order valence-corrected chi connectivity index (χ2v) is 5.71. The van der Waals surface area contributed by atoms with Gasteiger partial charge in [-0.15, -0.1) is 0 Å². The summed E-state index contributed by atoms with van der Waals surface area (Å²) in [4.78, 5) is 24.2. The van der Waals surface area contributed by atoms with E-state index in [9.17, 15) is 9.59 Å². The van der Waals surface area contributed by atoms with Crippen LogP contribution in [0.15, 0.2) is 78.9 Å². The minimum atomic E-state index is -0.422. The number of hydrogen-bond donors (Lipinski definition) is 0. The minimum Gasteiger partial charge on any atom is -0.422 e. The molecule has 0 aromatic heterocycles. The molecule has 120 valence electrons. The Morgan fingerprint density at radius 1 is 0.680 bits per heavy atom. The maximum absolute atomic E-state index is 12.6. The van der Waals surface area contributed by atoms with Gasteiger partial charge >= 0.3 is 5.97 Å². The highest BCUT2D eigenvalue weighted by Gasteiger charge is 2.17. The first-order chi connectivity index (χ1) is 12.3. The Kier molecular flexibility index (Phi) is 3.75. The van der Waals surface area contributed by atoms with Crippen LogP contribution in [0, 0.1) is 0 Å². The molecular formula is C22H14O3. The van der Waals surface area contributed by atoms with Crippen molar-refractivity contribution in [2.45, 2.75) is 0 Å². The molecule has 4 aromatic rings. The molecule has 0 N–H and O–H groups in total. The topological polar surface area (TPSA) is 43.4 Å². The molecule has 0 atom stereocenters. The molecule has 4 rings (SSSR count). The molecule has 0 amide bonds. The fourth-order valence-corrected chi connectivity index (χ4v) is 3.08. The van der Waals surface area contributed by atoms with Crippen LogP contribution < -0.4 is 4.74 Å². The minimum absolute atomic E-state index is 0.422. The van der Waals surface area contributed by atoms with E-state index >= 15 is 0 Å². The lowest BCUT2D eigenvalue weighted by molar-refractivity contribution is 0.0739. The van der Waals surface area contributed by atoms with E-state index in [-0.39, 0.29) is 0 Å². The molecule has 3 nitrogen and oxygen atoms in total. The normalized spacial score (nSPS) is 10.7. The van der Waals surface area contributed by atoms with Crippen molar-refractivity contribution in [3.63, 3.8) is 0 Å². The van der Waals surface area contributed by atoms with Crippen LogP contribution in [0.25, 0.3) is 21.5 Å². The fourth-order valence-electron chi connectivity index (χ4n) is 3.08. The number of carbonyl (C=O) groups excluding carboxylic acids is 2. The maximum atomic E-state index is 12.6. The first kappa shape index (κ1) is 15.1. The van der Waals surface area contributed by atoms with E-state index in [2.05, 4.69) is 0 Å².